The van der Waals surface area contributed by atoms with Crippen LogP contribution in [0.25, 0.3) is 0 Å². The zero-order valence-electron chi connectivity index (χ0n) is 51.9. The molecule has 3 aromatic heterocycles. The Kier molecular flexibility index (Phi) is 21.6. The van der Waals surface area contributed by atoms with Gasteiger partial charge in [0.05, 0.1) is 14.7 Å². The van der Waals surface area contributed by atoms with Crippen LogP contribution in [0.5, 0.6) is 0 Å². The van der Waals surface area contributed by atoms with Gasteiger partial charge in [-0.25, -0.2) is 44.9 Å². The number of hydrogen-bond acceptors (Lipinski definition) is 18. The fraction of sp³-hybridized carbons (Fsp3) is 0.500. The first-order valence-corrected chi connectivity index (χ1v) is 32.9. The van der Waals surface area contributed by atoms with E-state index in [1.807, 2.05) is 102 Å². The molecule has 2 saturated heterocycles. The molecule has 84 heavy (non-hydrogen) atoms. The SMILES string of the molecule is Cc1cnc(NC(C)(C)C)nc1Nc1cccc(S(=O)(=O)N2CCCCC2)c1.Cc1cnc(NC(C)(C)C)nc1Nc1cccc(S(=O)(=O)N2CCCCC2C)c1.Cc1cnc(NC(C)(C)C)nc1Nc1cccc(S(=O)(=O)NC(C)(C)C)c1. The molecular formula is C60H89N15O6S3. The number of benzene rings is 3. The van der Waals surface area contributed by atoms with Crippen molar-refractivity contribution in [2.75, 3.05) is 51.5 Å². The number of hydrogen-bond donors (Lipinski definition) is 7. The Labute approximate surface area is 500 Å². The lowest BCUT2D eigenvalue weighted by molar-refractivity contribution is 0.268. The molecule has 458 valence electrons. The van der Waals surface area contributed by atoms with E-state index >= 15 is 0 Å². The van der Waals surface area contributed by atoms with Gasteiger partial charge in [0, 0.05) is 100 Å². The number of aryl methyl sites for hydroxylation is 3. The molecular weight excluding hydrogens is 1120 g/mol. The molecule has 8 rings (SSSR count). The molecule has 0 amide bonds. The number of anilines is 9. The maximum absolute atomic E-state index is 13.1. The van der Waals surface area contributed by atoms with Crippen molar-refractivity contribution in [3.8, 4) is 0 Å². The number of sulfonamides is 3. The molecule has 24 heteroatoms. The Morgan fingerprint density at radius 1 is 0.452 bits per heavy atom. The highest BCUT2D eigenvalue weighted by Gasteiger charge is 2.32. The summed E-state index contributed by atoms with van der Waals surface area (Å²) in [6.45, 7) is 33.2. The van der Waals surface area contributed by atoms with Gasteiger partial charge in [-0.3, -0.25) is 0 Å². The molecule has 1 unspecified atom stereocenters. The summed E-state index contributed by atoms with van der Waals surface area (Å²) in [7, 11) is -10.6. The Hall–Kier alpha value is -6.57. The standard InChI is InChI=1S/C21H31N5O2S.C20H29N5O2S.C19H29N5O2S/c1-15-14-22-20(25-21(3,4)5)24-19(15)23-17-10-8-11-18(13-17)29(27,28)26-12-7-6-9-16(26)2;1-15-14-21-19(24-20(2,3)4)23-18(15)22-16-9-8-10-17(13-16)28(26,27)25-11-6-5-7-12-25;1-13-12-20-17(23-18(2,3)4)22-16(13)21-14-9-8-10-15(11-14)27(25,26)24-19(5,6)7/h8,10-11,13-14,16H,6-7,9,12H2,1-5H3,(H2,22,23,24,25);8-10,13-14H,5-7,11-12H2,1-4H3,(H2,21,22,23,24);8-12,24H,1-7H3,(H2,20,21,22,23). The zero-order valence-corrected chi connectivity index (χ0v) is 54.3. The molecule has 5 heterocycles. The van der Waals surface area contributed by atoms with Crippen molar-refractivity contribution < 1.29 is 25.3 Å². The average Bonchev–Trinajstić information content (AvgIpc) is 2.44. The molecule has 2 aliphatic heterocycles. The average molecular weight is 1210 g/mol. The van der Waals surface area contributed by atoms with Crippen LogP contribution in [0.2, 0.25) is 0 Å². The minimum atomic E-state index is -3.61. The van der Waals surface area contributed by atoms with E-state index in [2.05, 4.69) is 66.5 Å². The lowest BCUT2D eigenvalue weighted by Crippen LogP contribution is -2.41. The number of nitrogens with one attached hydrogen (secondary N) is 7. The highest BCUT2D eigenvalue weighted by Crippen LogP contribution is 2.30. The Balaban J connectivity index is 0.000000202. The van der Waals surface area contributed by atoms with Gasteiger partial charge in [-0.05, 0) is 191 Å². The van der Waals surface area contributed by atoms with Crippen LogP contribution in [-0.4, -0.2) is 112 Å². The summed E-state index contributed by atoms with van der Waals surface area (Å²) in [5.74, 6) is 3.47. The third-order valence-electron chi connectivity index (χ3n) is 12.7. The highest BCUT2D eigenvalue weighted by molar-refractivity contribution is 7.90. The molecule has 0 aliphatic carbocycles. The summed E-state index contributed by atoms with van der Waals surface area (Å²) in [5.41, 5.74) is 3.57. The highest BCUT2D eigenvalue weighted by atomic mass is 32.2. The Morgan fingerprint density at radius 2 is 0.810 bits per heavy atom. The number of piperidine rings is 2. The molecule has 21 nitrogen and oxygen atoms in total. The van der Waals surface area contributed by atoms with Crippen LogP contribution < -0.4 is 36.6 Å². The van der Waals surface area contributed by atoms with Crippen molar-refractivity contribution in [3.63, 3.8) is 0 Å². The summed E-state index contributed by atoms with van der Waals surface area (Å²) in [6.07, 6.45) is 11.0. The van der Waals surface area contributed by atoms with Crippen LogP contribution in [0.15, 0.2) is 106 Å². The van der Waals surface area contributed by atoms with E-state index in [4.69, 9.17) is 0 Å². The first kappa shape index (κ1) is 66.6. The third-order valence-corrected chi connectivity index (χ3v) is 18.4. The summed E-state index contributed by atoms with van der Waals surface area (Å²) >= 11 is 0. The second kappa shape index (κ2) is 27.2. The normalized spacial score (nSPS) is 15.8. The van der Waals surface area contributed by atoms with Gasteiger partial charge < -0.3 is 31.9 Å². The minimum absolute atomic E-state index is 0.0282. The van der Waals surface area contributed by atoms with Gasteiger partial charge in [0.25, 0.3) is 0 Å². The minimum Gasteiger partial charge on any atom is -0.350 e. The van der Waals surface area contributed by atoms with E-state index in [1.165, 1.54) is 0 Å². The lowest BCUT2D eigenvalue weighted by Gasteiger charge is -2.32. The Morgan fingerprint density at radius 3 is 1.18 bits per heavy atom. The van der Waals surface area contributed by atoms with E-state index in [-0.39, 0.29) is 27.6 Å². The molecule has 6 aromatic rings. The third kappa shape index (κ3) is 20.0. The van der Waals surface area contributed by atoms with Crippen LogP contribution in [0.4, 0.5) is 52.4 Å². The van der Waals surface area contributed by atoms with Crippen molar-refractivity contribution in [1.29, 1.82) is 0 Å². The van der Waals surface area contributed by atoms with Crippen LogP contribution in [0, 0.1) is 20.8 Å². The lowest BCUT2D eigenvalue weighted by atomic mass is 10.1. The monoisotopic (exact) mass is 1210 g/mol. The maximum Gasteiger partial charge on any atom is 0.243 e. The van der Waals surface area contributed by atoms with Gasteiger partial charge in [0.1, 0.15) is 17.5 Å². The molecule has 0 saturated carbocycles. The quantitative estimate of drug-likeness (QED) is 0.0503. The molecule has 2 aliphatic rings. The number of rotatable bonds is 15. The first-order chi connectivity index (χ1) is 39.0. The van der Waals surface area contributed by atoms with Gasteiger partial charge in [-0.2, -0.15) is 23.6 Å². The molecule has 2 fully saturated rings. The van der Waals surface area contributed by atoms with Crippen molar-refractivity contribution in [3.05, 3.63) is 108 Å². The van der Waals surface area contributed by atoms with Gasteiger partial charge >= 0.3 is 0 Å². The number of aromatic nitrogens is 6. The van der Waals surface area contributed by atoms with Crippen molar-refractivity contribution in [2.24, 2.45) is 0 Å². The number of nitrogens with zero attached hydrogens (tertiary/aromatic N) is 8. The zero-order chi connectivity index (χ0) is 62.1. The molecule has 1 atom stereocenters. The van der Waals surface area contributed by atoms with Crippen LogP contribution >= 0.6 is 0 Å². The molecule has 0 spiro atoms. The second-order valence-corrected chi connectivity index (χ2v) is 31.1. The molecule has 0 radical (unpaired) electrons. The van der Waals surface area contributed by atoms with Crippen LogP contribution in [0.1, 0.15) is 145 Å². The predicted octanol–water partition coefficient (Wildman–Crippen LogP) is 12.0. The van der Waals surface area contributed by atoms with Crippen molar-refractivity contribution in [1.82, 2.24) is 43.2 Å². The van der Waals surface area contributed by atoms with Crippen molar-refractivity contribution in [2.45, 2.75) is 192 Å². The van der Waals surface area contributed by atoms with E-state index in [1.54, 1.807) is 109 Å². The Bertz CT molecular complexity index is 3550. The molecule has 3 aromatic carbocycles. The van der Waals surface area contributed by atoms with E-state index in [0.717, 1.165) is 55.2 Å². The predicted molar refractivity (Wildman–Crippen MR) is 339 cm³/mol. The van der Waals surface area contributed by atoms with Crippen molar-refractivity contribution >= 4 is 82.4 Å². The van der Waals surface area contributed by atoms with Gasteiger partial charge in [0.15, 0.2) is 0 Å². The largest absolute Gasteiger partial charge is 0.350 e. The maximum atomic E-state index is 13.1. The summed E-state index contributed by atoms with van der Waals surface area (Å²) in [5, 5.41) is 19.4. The summed E-state index contributed by atoms with van der Waals surface area (Å²) in [6, 6.07) is 20.5. The van der Waals surface area contributed by atoms with Gasteiger partial charge in [0.2, 0.25) is 47.9 Å². The van der Waals surface area contributed by atoms with Gasteiger partial charge in [-0.1, -0.05) is 31.0 Å². The first-order valence-electron chi connectivity index (χ1n) is 28.5. The topological polar surface area (TPSA) is 270 Å². The fourth-order valence-corrected chi connectivity index (χ4v) is 13.6. The molecule has 0 bridgehead atoms. The van der Waals surface area contributed by atoms with E-state index in [0.29, 0.717) is 81.8 Å². The van der Waals surface area contributed by atoms with Crippen LogP contribution in [0.3, 0.4) is 0 Å². The molecule has 7 N–H and O–H groups in total. The van der Waals surface area contributed by atoms with Gasteiger partial charge in [-0.15, -0.1) is 0 Å². The fourth-order valence-electron chi connectivity index (χ4n) is 8.79. The second-order valence-electron chi connectivity index (χ2n) is 25.5. The van der Waals surface area contributed by atoms with E-state index < -0.39 is 35.6 Å². The van der Waals surface area contributed by atoms with E-state index in [9.17, 15) is 25.3 Å². The smallest absolute Gasteiger partial charge is 0.243 e. The summed E-state index contributed by atoms with van der Waals surface area (Å²) < 4.78 is 83.1. The summed E-state index contributed by atoms with van der Waals surface area (Å²) in [4.78, 5) is 27.3. The van der Waals surface area contributed by atoms with Crippen LogP contribution in [-0.2, 0) is 30.1 Å².